The fourth-order valence-electron chi connectivity index (χ4n) is 2.87. The van der Waals surface area contributed by atoms with E-state index in [1.807, 2.05) is 24.3 Å². The minimum absolute atomic E-state index is 0.644. The number of hydrogen-bond donors (Lipinski definition) is 1. The SMILES string of the molecule is CCC1CN(CCCOc2ccc(Cl)cc2)C(CC)CN1. The van der Waals surface area contributed by atoms with Crippen molar-refractivity contribution < 1.29 is 4.74 Å². The van der Waals surface area contributed by atoms with Gasteiger partial charge in [0, 0.05) is 36.7 Å². The Morgan fingerprint density at radius 1 is 1.24 bits per heavy atom. The molecule has 2 rings (SSSR count). The lowest BCUT2D eigenvalue weighted by atomic mass is 10.1. The smallest absolute Gasteiger partial charge is 0.119 e. The van der Waals surface area contributed by atoms with Crippen molar-refractivity contribution in [2.45, 2.75) is 45.2 Å². The van der Waals surface area contributed by atoms with Gasteiger partial charge in [-0.15, -0.1) is 0 Å². The van der Waals surface area contributed by atoms with Crippen molar-refractivity contribution in [1.82, 2.24) is 10.2 Å². The number of nitrogens with zero attached hydrogens (tertiary/aromatic N) is 1. The van der Waals surface area contributed by atoms with Gasteiger partial charge in [0.2, 0.25) is 0 Å². The first-order valence-electron chi connectivity index (χ1n) is 8.08. The summed E-state index contributed by atoms with van der Waals surface area (Å²) in [6.07, 6.45) is 3.48. The average Bonchev–Trinajstić information content (AvgIpc) is 2.53. The van der Waals surface area contributed by atoms with Gasteiger partial charge in [0.1, 0.15) is 5.75 Å². The van der Waals surface area contributed by atoms with Crippen LogP contribution in [-0.2, 0) is 0 Å². The molecule has 2 unspecified atom stereocenters. The first-order chi connectivity index (χ1) is 10.2. The van der Waals surface area contributed by atoms with Crippen LogP contribution in [0, 0.1) is 0 Å². The van der Waals surface area contributed by atoms with Gasteiger partial charge in [0.05, 0.1) is 6.61 Å². The summed E-state index contributed by atoms with van der Waals surface area (Å²) in [7, 11) is 0. The molecule has 1 aromatic carbocycles. The Balaban J connectivity index is 1.72. The highest BCUT2D eigenvalue weighted by Gasteiger charge is 2.25. The highest BCUT2D eigenvalue weighted by atomic mass is 35.5. The predicted molar refractivity (Wildman–Crippen MR) is 89.3 cm³/mol. The molecule has 0 aliphatic carbocycles. The molecule has 2 atom stereocenters. The predicted octanol–water partition coefficient (Wildman–Crippen LogP) is 3.57. The zero-order valence-corrected chi connectivity index (χ0v) is 13.9. The number of halogens is 1. The van der Waals surface area contributed by atoms with Gasteiger partial charge < -0.3 is 10.1 Å². The minimum atomic E-state index is 0.644. The summed E-state index contributed by atoms with van der Waals surface area (Å²) in [6.45, 7) is 8.69. The first-order valence-corrected chi connectivity index (χ1v) is 8.46. The third-order valence-electron chi connectivity index (χ3n) is 4.25. The lowest BCUT2D eigenvalue weighted by Gasteiger charge is -2.40. The molecule has 1 aromatic rings. The van der Waals surface area contributed by atoms with E-state index in [1.54, 1.807) is 0 Å². The summed E-state index contributed by atoms with van der Waals surface area (Å²) in [5, 5.41) is 4.39. The Morgan fingerprint density at radius 2 is 2.00 bits per heavy atom. The van der Waals surface area contributed by atoms with Gasteiger partial charge in [-0.25, -0.2) is 0 Å². The Hall–Kier alpha value is -0.770. The van der Waals surface area contributed by atoms with E-state index in [9.17, 15) is 0 Å². The summed E-state index contributed by atoms with van der Waals surface area (Å²) in [4.78, 5) is 2.62. The largest absolute Gasteiger partial charge is 0.494 e. The maximum Gasteiger partial charge on any atom is 0.119 e. The van der Waals surface area contributed by atoms with Crippen molar-refractivity contribution in [3.05, 3.63) is 29.3 Å². The second-order valence-corrected chi connectivity index (χ2v) is 6.16. The van der Waals surface area contributed by atoms with Crippen LogP contribution in [-0.4, -0.2) is 43.2 Å². The Bertz CT molecular complexity index is 410. The maximum atomic E-state index is 5.87. The van der Waals surface area contributed by atoms with E-state index < -0.39 is 0 Å². The summed E-state index contributed by atoms with van der Waals surface area (Å²) >= 11 is 5.87. The van der Waals surface area contributed by atoms with Gasteiger partial charge in [-0.1, -0.05) is 25.4 Å². The van der Waals surface area contributed by atoms with Gasteiger partial charge in [0.15, 0.2) is 0 Å². The number of piperazine rings is 1. The first kappa shape index (κ1) is 16.6. The second kappa shape index (κ2) is 8.62. The quantitative estimate of drug-likeness (QED) is 0.779. The van der Waals surface area contributed by atoms with E-state index in [2.05, 4.69) is 24.1 Å². The molecule has 1 aliphatic heterocycles. The highest BCUT2D eigenvalue weighted by molar-refractivity contribution is 6.30. The Kier molecular flexibility index (Phi) is 6.81. The summed E-state index contributed by atoms with van der Waals surface area (Å²) < 4.78 is 5.77. The van der Waals surface area contributed by atoms with E-state index >= 15 is 0 Å². The molecule has 3 nitrogen and oxygen atoms in total. The molecule has 0 spiro atoms. The fraction of sp³-hybridized carbons (Fsp3) is 0.647. The van der Waals surface area contributed by atoms with Crippen LogP contribution < -0.4 is 10.1 Å². The van der Waals surface area contributed by atoms with Crippen LogP contribution in [0.3, 0.4) is 0 Å². The molecule has 0 radical (unpaired) electrons. The van der Waals surface area contributed by atoms with Crippen molar-refractivity contribution in [3.63, 3.8) is 0 Å². The van der Waals surface area contributed by atoms with Gasteiger partial charge >= 0.3 is 0 Å². The number of rotatable bonds is 7. The van der Waals surface area contributed by atoms with Crippen LogP contribution in [0.5, 0.6) is 5.75 Å². The number of ether oxygens (including phenoxy) is 1. The zero-order chi connectivity index (χ0) is 15.1. The number of benzene rings is 1. The molecule has 4 heteroatoms. The van der Waals surface area contributed by atoms with Crippen molar-refractivity contribution in [2.24, 2.45) is 0 Å². The normalized spacial score (nSPS) is 23.2. The van der Waals surface area contributed by atoms with Gasteiger partial charge in [-0.3, -0.25) is 4.90 Å². The van der Waals surface area contributed by atoms with Crippen LogP contribution in [0.25, 0.3) is 0 Å². The van der Waals surface area contributed by atoms with Crippen molar-refractivity contribution in [2.75, 3.05) is 26.2 Å². The Labute approximate surface area is 133 Å². The second-order valence-electron chi connectivity index (χ2n) is 5.73. The van der Waals surface area contributed by atoms with Gasteiger partial charge in [-0.2, -0.15) is 0 Å². The maximum absolute atomic E-state index is 5.87. The molecule has 0 aromatic heterocycles. The molecule has 1 saturated heterocycles. The van der Waals surface area contributed by atoms with Crippen LogP contribution in [0.4, 0.5) is 0 Å². The molecule has 1 fully saturated rings. The molecule has 0 saturated carbocycles. The molecular weight excluding hydrogens is 284 g/mol. The summed E-state index contributed by atoms with van der Waals surface area (Å²) in [5.74, 6) is 0.901. The molecule has 1 N–H and O–H groups in total. The summed E-state index contributed by atoms with van der Waals surface area (Å²) in [6, 6.07) is 8.90. The minimum Gasteiger partial charge on any atom is -0.494 e. The van der Waals surface area contributed by atoms with Crippen molar-refractivity contribution in [1.29, 1.82) is 0 Å². The molecule has 118 valence electrons. The van der Waals surface area contributed by atoms with E-state index in [-0.39, 0.29) is 0 Å². The van der Waals surface area contributed by atoms with Crippen molar-refractivity contribution in [3.8, 4) is 5.75 Å². The third-order valence-corrected chi connectivity index (χ3v) is 4.50. The summed E-state index contributed by atoms with van der Waals surface area (Å²) in [5.41, 5.74) is 0. The number of hydrogen-bond acceptors (Lipinski definition) is 3. The van der Waals surface area contributed by atoms with Gasteiger partial charge in [-0.05, 0) is 43.5 Å². The molecule has 21 heavy (non-hydrogen) atoms. The van der Waals surface area contributed by atoms with E-state index in [4.69, 9.17) is 16.3 Å². The highest BCUT2D eigenvalue weighted by Crippen LogP contribution is 2.16. The van der Waals surface area contributed by atoms with Crippen LogP contribution >= 0.6 is 11.6 Å². The zero-order valence-electron chi connectivity index (χ0n) is 13.1. The topological polar surface area (TPSA) is 24.5 Å². The molecule has 1 heterocycles. The Morgan fingerprint density at radius 3 is 2.67 bits per heavy atom. The lowest BCUT2D eigenvalue weighted by Crippen LogP contribution is -2.56. The van der Waals surface area contributed by atoms with E-state index in [0.29, 0.717) is 12.1 Å². The van der Waals surface area contributed by atoms with Crippen LogP contribution in [0.2, 0.25) is 5.02 Å². The standard InChI is InChI=1S/C17H27ClN2O/c1-3-15-13-20(16(4-2)12-19-15)10-5-11-21-17-8-6-14(18)7-9-17/h6-9,15-16,19H,3-5,10-13H2,1-2H3. The van der Waals surface area contributed by atoms with Gasteiger partial charge in [0.25, 0.3) is 0 Å². The average molecular weight is 311 g/mol. The number of nitrogens with one attached hydrogen (secondary N) is 1. The van der Waals surface area contributed by atoms with Crippen LogP contribution in [0.1, 0.15) is 33.1 Å². The monoisotopic (exact) mass is 310 g/mol. The fourth-order valence-corrected chi connectivity index (χ4v) is 2.99. The molecule has 0 bridgehead atoms. The third kappa shape index (κ3) is 5.17. The van der Waals surface area contributed by atoms with E-state index in [1.165, 1.54) is 12.8 Å². The molecular formula is C17H27ClN2O. The van der Waals surface area contributed by atoms with Crippen molar-refractivity contribution >= 4 is 11.6 Å². The van der Waals surface area contributed by atoms with E-state index in [0.717, 1.165) is 43.4 Å². The van der Waals surface area contributed by atoms with Crippen LogP contribution in [0.15, 0.2) is 24.3 Å². The molecule has 1 aliphatic rings. The lowest BCUT2D eigenvalue weighted by molar-refractivity contribution is 0.117. The molecule has 0 amide bonds.